The SMILES string of the molecule is Cc1cc(N2CCC(C)CC2)c(C(C)N)cc1F. The topological polar surface area (TPSA) is 29.3 Å². The maximum Gasteiger partial charge on any atom is 0.126 e. The molecule has 1 aliphatic heterocycles. The summed E-state index contributed by atoms with van der Waals surface area (Å²) in [6, 6.07) is 3.42. The minimum absolute atomic E-state index is 0.130. The van der Waals surface area contributed by atoms with Crippen molar-refractivity contribution >= 4 is 5.69 Å². The minimum Gasteiger partial charge on any atom is -0.371 e. The summed E-state index contributed by atoms with van der Waals surface area (Å²) in [5.41, 5.74) is 8.72. The first kappa shape index (κ1) is 13.3. The predicted molar refractivity (Wildman–Crippen MR) is 74.4 cm³/mol. The second kappa shape index (κ2) is 5.27. The van der Waals surface area contributed by atoms with Crippen LogP contribution in [0.15, 0.2) is 12.1 Å². The molecule has 3 heteroatoms. The molecular formula is C15H23FN2. The van der Waals surface area contributed by atoms with Crippen LogP contribution in [0.4, 0.5) is 10.1 Å². The summed E-state index contributed by atoms with van der Waals surface area (Å²) in [6.07, 6.45) is 2.41. The van der Waals surface area contributed by atoms with E-state index in [1.807, 2.05) is 19.9 Å². The number of aryl methyl sites for hydroxylation is 1. The third-order valence-electron chi connectivity index (χ3n) is 3.92. The highest BCUT2D eigenvalue weighted by Crippen LogP contribution is 2.31. The first-order valence-electron chi connectivity index (χ1n) is 6.79. The molecule has 0 aliphatic carbocycles. The van der Waals surface area contributed by atoms with Crippen LogP contribution in [0.1, 0.15) is 43.9 Å². The van der Waals surface area contributed by atoms with Gasteiger partial charge in [0.2, 0.25) is 0 Å². The fourth-order valence-electron chi connectivity index (χ4n) is 2.57. The zero-order chi connectivity index (χ0) is 13.3. The summed E-state index contributed by atoms with van der Waals surface area (Å²) in [5.74, 6) is 0.637. The lowest BCUT2D eigenvalue weighted by Crippen LogP contribution is -2.34. The molecule has 1 atom stereocenters. The van der Waals surface area contributed by atoms with Gasteiger partial charge in [0.25, 0.3) is 0 Å². The average Bonchev–Trinajstić information content (AvgIpc) is 2.33. The maximum absolute atomic E-state index is 13.7. The van der Waals surface area contributed by atoms with Gasteiger partial charge in [-0.25, -0.2) is 4.39 Å². The molecule has 1 fully saturated rings. The van der Waals surface area contributed by atoms with Gasteiger partial charge < -0.3 is 10.6 Å². The molecule has 1 saturated heterocycles. The van der Waals surface area contributed by atoms with Crippen LogP contribution in [-0.2, 0) is 0 Å². The molecular weight excluding hydrogens is 227 g/mol. The van der Waals surface area contributed by atoms with Gasteiger partial charge in [-0.05, 0) is 55.9 Å². The van der Waals surface area contributed by atoms with Crippen LogP contribution in [0, 0.1) is 18.7 Å². The minimum atomic E-state index is -0.156. The highest BCUT2D eigenvalue weighted by molar-refractivity contribution is 5.57. The van der Waals surface area contributed by atoms with Gasteiger partial charge >= 0.3 is 0 Å². The third-order valence-corrected chi connectivity index (χ3v) is 3.92. The van der Waals surface area contributed by atoms with Crippen molar-refractivity contribution in [3.8, 4) is 0 Å². The van der Waals surface area contributed by atoms with E-state index in [1.54, 1.807) is 6.07 Å². The van der Waals surface area contributed by atoms with Gasteiger partial charge in [0.15, 0.2) is 0 Å². The monoisotopic (exact) mass is 250 g/mol. The summed E-state index contributed by atoms with van der Waals surface area (Å²) in [5, 5.41) is 0. The zero-order valence-corrected chi connectivity index (χ0v) is 11.5. The smallest absolute Gasteiger partial charge is 0.126 e. The molecule has 2 N–H and O–H groups in total. The summed E-state index contributed by atoms with van der Waals surface area (Å²) in [4.78, 5) is 2.35. The molecule has 0 aromatic heterocycles. The fourth-order valence-corrected chi connectivity index (χ4v) is 2.57. The standard InChI is InChI=1S/C15H23FN2/c1-10-4-6-18(7-5-10)15-8-11(2)14(16)9-13(15)12(3)17/h8-10,12H,4-7,17H2,1-3H3. The molecule has 2 nitrogen and oxygen atoms in total. The number of halogens is 1. The first-order valence-corrected chi connectivity index (χ1v) is 6.79. The number of benzene rings is 1. The highest BCUT2D eigenvalue weighted by Gasteiger charge is 2.20. The van der Waals surface area contributed by atoms with Crippen molar-refractivity contribution in [1.82, 2.24) is 0 Å². The fraction of sp³-hybridized carbons (Fsp3) is 0.600. The number of anilines is 1. The zero-order valence-electron chi connectivity index (χ0n) is 11.5. The molecule has 0 spiro atoms. The van der Waals surface area contributed by atoms with Crippen LogP contribution in [-0.4, -0.2) is 13.1 Å². The molecule has 1 unspecified atom stereocenters. The molecule has 1 heterocycles. The normalized spacial score (nSPS) is 19.1. The van der Waals surface area contributed by atoms with Gasteiger partial charge in [0, 0.05) is 24.8 Å². The van der Waals surface area contributed by atoms with Gasteiger partial charge in [0.05, 0.1) is 0 Å². The van der Waals surface area contributed by atoms with Crippen LogP contribution >= 0.6 is 0 Å². The Balaban J connectivity index is 2.33. The Bertz CT molecular complexity index is 421. The van der Waals surface area contributed by atoms with E-state index in [0.29, 0.717) is 5.56 Å². The summed E-state index contributed by atoms with van der Waals surface area (Å²) < 4.78 is 13.7. The Morgan fingerprint density at radius 2 is 1.94 bits per heavy atom. The van der Waals surface area contributed by atoms with Crippen molar-refractivity contribution in [2.45, 2.75) is 39.7 Å². The number of rotatable bonds is 2. The average molecular weight is 250 g/mol. The second-order valence-electron chi connectivity index (χ2n) is 5.62. The summed E-state index contributed by atoms with van der Waals surface area (Å²) >= 11 is 0. The van der Waals surface area contributed by atoms with Crippen molar-refractivity contribution < 1.29 is 4.39 Å². The molecule has 1 aliphatic rings. The molecule has 18 heavy (non-hydrogen) atoms. The molecule has 0 saturated carbocycles. The maximum atomic E-state index is 13.7. The molecule has 0 radical (unpaired) electrons. The number of nitrogens with two attached hydrogens (primary N) is 1. The molecule has 1 aromatic carbocycles. The Kier molecular flexibility index (Phi) is 3.91. The first-order chi connectivity index (χ1) is 8.49. The van der Waals surface area contributed by atoms with Gasteiger partial charge in [-0.15, -0.1) is 0 Å². The van der Waals surface area contributed by atoms with Crippen LogP contribution in [0.25, 0.3) is 0 Å². The van der Waals surface area contributed by atoms with E-state index in [4.69, 9.17) is 5.73 Å². The highest BCUT2D eigenvalue weighted by atomic mass is 19.1. The number of piperidine rings is 1. The van der Waals surface area contributed by atoms with Crippen LogP contribution in [0.3, 0.4) is 0 Å². The lowest BCUT2D eigenvalue weighted by molar-refractivity contribution is 0.437. The summed E-state index contributed by atoms with van der Waals surface area (Å²) in [6.45, 7) is 8.12. The summed E-state index contributed by atoms with van der Waals surface area (Å²) in [7, 11) is 0. The van der Waals surface area contributed by atoms with Gasteiger partial charge in [0.1, 0.15) is 5.82 Å². The van der Waals surface area contributed by atoms with E-state index in [9.17, 15) is 4.39 Å². The van der Waals surface area contributed by atoms with Gasteiger partial charge in [-0.1, -0.05) is 6.92 Å². The van der Waals surface area contributed by atoms with E-state index < -0.39 is 0 Å². The van der Waals surface area contributed by atoms with Crippen molar-refractivity contribution in [2.24, 2.45) is 11.7 Å². The molecule has 0 bridgehead atoms. The Labute approximate surface area is 109 Å². The quantitative estimate of drug-likeness (QED) is 0.871. The lowest BCUT2D eigenvalue weighted by atomic mass is 9.96. The van der Waals surface area contributed by atoms with Crippen LogP contribution in [0.5, 0.6) is 0 Å². The van der Waals surface area contributed by atoms with Crippen LogP contribution in [0.2, 0.25) is 0 Å². The van der Waals surface area contributed by atoms with Crippen molar-refractivity contribution in [2.75, 3.05) is 18.0 Å². The predicted octanol–water partition coefficient (Wildman–Crippen LogP) is 3.39. The third kappa shape index (κ3) is 2.66. The van der Waals surface area contributed by atoms with Crippen LogP contribution < -0.4 is 10.6 Å². The molecule has 0 amide bonds. The largest absolute Gasteiger partial charge is 0.371 e. The van der Waals surface area contributed by atoms with E-state index in [-0.39, 0.29) is 11.9 Å². The van der Waals surface area contributed by atoms with E-state index in [1.165, 1.54) is 12.8 Å². The van der Waals surface area contributed by atoms with Gasteiger partial charge in [-0.2, -0.15) is 0 Å². The number of hydrogen-bond acceptors (Lipinski definition) is 2. The molecule has 1 aromatic rings. The number of hydrogen-bond donors (Lipinski definition) is 1. The Morgan fingerprint density at radius 1 is 1.33 bits per heavy atom. The van der Waals surface area contributed by atoms with Gasteiger partial charge in [-0.3, -0.25) is 0 Å². The van der Waals surface area contributed by atoms with Crippen molar-refractivity contribution in [3.63, 3.8) is 0 Å². The second-order valence-corrected chi connectivity index (χ2v) is 5.62. The number of nitrogens with zero attached hydrogens (tertiary/aromatic N) is 1. The lowest BCUT2D eigenvalue weighted by Gasteiger charge is -2.34. The van der Waals surface area contributed by atoms with E-state index >= 15 is 0 Å². The van der Waals surface area contributed by atoms with Crippen molar-refractivity contribution in [1.29, 1.82) is 0 Å². The van der Waals surface area contributed by atoms with Crippen molar-refractivity contribution in [3.05, 3.63) is 29.1 Å². The molecule has 100 valence electrons. The molecule has 2 rings (SSSR count). The Hall–Kier alpha value is -1.09. The van der Waals surface area contributed by atoms with E-state index in [0.717, 1.165) is 30.3 Å². The van der Waals surface area contributed by atoms with E-state index in [2.05, 4.69) is 11.8 Å². The Morgan fingerprint density at radius 3 is 2.50 bits per heavy atom.